The molecule has 2 amide bonds. The van der Waals surface area contributed by atoms with E-state index in [2.05, 4.69) is 10.6 Å². The van der Waals surface area contributed by atoms with E-state index in [1.165, 1.54) is 18.4 Å². The Morgan fingerprint density at radius 3 is 2.39 bits per heavy atom. The Hall–Kier alpha value is -3.06. The molecule has 0 saturated heterocycles. The van der Waals surface area contributed by atoms with E-state index >= 15 is 0 Å². The molecular weight excluding hydrogens is 384 g/mol. The number of benzene rings is 1. The third kappa shape index (κ3) is 6.28. The van der Waals surface area contributed by atoms with Gasteiger partial charge in [0, 0.05) is 5.02 Å². The fraction of sp³-hybridized carbons (Fsp3) is 0.250. The minimum Gasteiger partial charge on any atom is -0.480 e. The molecule has 1 aromatic carbocycles. The SMILES string of the molecule is CC(C)CC(NC(=O)/C(=C/c1ccc(Cl)cc1)NC(=O)c1ccco1)C(=O)O. The number of carbonyl (C=O) groups is 3. The van der Waals surface area contributed by atoms with Crippen molar-refractivity contribution in [2.75, 3.05) is 0 Å². The van der Waals surface area contributed by atoms with Crippen LogP contribution in [0.1, 0.15) is 36.4 Å². The predicted molar refractivity (Wildman–Crippen MR) is 105 cm³/mol. The van der Waals surface area contributed by atoms with E-state index in [4.69, 9.17) is 16.0 Å². The molecule has 7 nitrogen and oxygen atoms in total. The van der Waals surface area contributed by atoms with Crippen molar-refractivity contribution in [1.82, 2.24) is 10.6 Å². The highest BCUT2D eigenvalue weighted by molar-refractivity contribution is 6.30. The molecule has 0 aliphatic rings. The molecule has 1 aromatic heterocycles. The number of rotatable bonds is 8. The van der Waals surface area contributed by atoms with Gasteiger partial charge in [0.05, 0.1) is 6.26 Å². The van der Waals surface area contributed by atoms with Crippen LogP contribution in [-0.4, -0.2) is 28.9 Å². The molecule has 0 bridgehead atoms. The maximum Gasteiger partial charge on any atom is 0.326 e. The second-order valence-corrected chi connectivity index (χ2v) is 6.97. The van der Waals surface area contributed by atoms with Crippen molar-refractivity contribution in [1.29, 1.82) is 0 Å². The molecule has 1 atom stereocenters. The summed E-state index contributed by atoms with van der Waals surface area (Å²) in [6, 6.07) is 8.51. The standard InChI is InChI=1S/C20H21ClN2O5/c1-12(2)10-16(20(26)27)23-18(24)15(11-13-5-7-14(21)8-6-13)22-19(25)17-4-3-9-28-17/h3-9,11-12,16H,10H2,1-2H3,(H,22,25)(H,23,24)(H,26,27)/b15-11-. The Morgan fingerprint density at radius 1 is 1.18 bits per heavy atom. The Kier molecular flexibility index (Phi) is 7.40. The van der Waals surface area contributed by atoms with Crippen LogP contribution >= 0.6 is 11.6 Å². The zero-order chi connectivity index (χ0) is 20.7. The van der Waals surface area contributed by atoms with Gasteiger partial charge in [-0.3, -0.25) is 9.59 Å². The summed E-state index contributed by atoms with van der Waals surface area (Å²) in [6.07, 6.45) is 3.02. The Bertz CT molecular complexity index is 857. The fourth-order valence-electron chi connectivity index (χ4n) is 2.40. The molecule has 2 rings (SSSR count). The smallest absolute Gasteiger partial charge is 0.326 e. The minimum absolute atomic E-state index is 0.0202. The van der Waals surface area contributed by atoms with E-state index < -0.39 is 23.8 Å². The molecule has 8 heteroatoms. The minimum atomic E-state index is -1.15. The molecular formula is C20H21ClN2O5. The number of aliphatic carboxylic acids is 1. The van der Waals surface area contributed by atoms with E-state index in [0.717, 1.165) is 0 Å². The van der Waals surface area contributed by atoms with Crippen LogP contribution in [0.15, 0.2) is 52.8 Å². The molecule has 0 radical (unpaired) electrons. The van der Waals surface area contributed by atoms with Crippen molar-refractivity contribution >= 4 is 35.5 Å². The first kappa shape index (κ1) is 21.2. The van der Waals surface area contributed by atoms with E-state index in [0.29, 0.717) is 10.6 Å². The van der Waals surface area contributed by atoms with Gasteiger partial charge in [-0.25, -0.2) is 4.79 Å². The summed E-state index contributed by atoms with van der Waals surface area (Å²) < 4.78 is 5.03. The molecule has 148 valence electrons. The van der Waals surface area contributed by atoms with E-state index in [1.54, 1.807) is 30.3 Å². The first-order valence-electron chi connectivity index (χ1n) is 8.62. The highest BCUT2D eigenvalue weighted by Gasteiger charge is 2.24. The zero-order valence-electron chi connectivity index (χ0n) is 15.4. The van der Waals surface area contributed by atoms with Crippen molar-refractivity contribution in [2.24, 2.45) is 5.92 Å². The summed E-state index contributed by atoms with van der Waals surface area (Å²) >= 11 is 5.87. The quantitative estimate of drug-likeness (QED) is 0.585. The summed E-state index contributed by atoms with van der Waals surface area (Å²) in [4.78, 5) is 36.4. The molecule has 3 N–H and O–H groups in total. The number of furan rings is 1. The molecule has 1 unspecified atom stereocenters. The zero-order valence-corrected chi connectivity index (χ0v) is 16.2. The Morgan fingerprint density at radius 2 is 1.86 bits per heavy atom. The van der Waals surface area contributed by atoms with E-state index in [9.17, 15) is 19.5 Å². The highest BCUT2D eigenvalue weighted by atomic mass is 35.5. The first-order valence-corrected chi connectivity index (χ1v) is 9.00. The average Bonchev–Trinajstić information content (AvgIpc) is 3.16. The summed E-state index contributed by atoms with van der Waals surface area (Å²) in [5.74, 6) is -2.42. The fourth-order valence-corrected chi connectivity index (χ4v) is 2.53. The van der Waals surface area contributed by atoms with Crippen LogP contribution in [0.2, 0.25) is 5.02 Å². The number of hydrogen-bond acceptors (Lipinski definition) is 4. The second-order valence-electron chi connectivity index (χ2n) is 6.53. The molecule has 0 spiro atoms. The van der Waals surface area contributed by atoms with Crippen LogP contribution < -0.4 is 10.6 Å². The van der Waals surface area contributed by atoms with Gasteiger partial charge in [-0.2, -0.15) is 0 Å². The van der Waals surface area contributed by atoms with Gasteiger partial charge < -0.3 is 20.2 Å². The number of carbonyl (C=O) groups excluding carboxylic acids is 2. The molecule has 0 fully saturated rings. The van der Waals surface area contributed by atoms with Crippen molar-refractivity contribution in [3.05, 3.63) is 64.7 Å². The van der Waals surface area contributed by atoms with Gasteiger partial charge >= 0.3 is 5.97 Å². The lowest BCUT2D eigenvalue weighted by Crippen LogP contribution is -2.44. The Balaban J connectivity index is 2.28. The van der Waals surface area contributed by atoms with Crippen LogP contribution in [-0.2, 0) is 9.59 Å². The molecule has 1 heterocycles. The highest BCUT2D eigenvalue weighted by Crippen LogP contribution is 2.13. The van der Waals surface area contributed by atoms with Crippen LogP contribution in [0.3, 0.4) is 0 Å². The monoisotopic (exact) mass is 404 g/mol. The molecule has 0 saturated carbocycles. The molecule has 0 aliphatic heterocycles. The van der Waals surface area contributed by atoms with Crippen LogP contribution in [0.4, 0.5) is 0 Å². The van der Waals surface area contributed by atoms with Gasteiger partial charge in [0.15, 0.2) is 5.76 Å². The van der Waals surface area contributed by atoms with E-state index in [-0.39, 0.29) is 23.8 Å². The normalized spacial score (nSPS) is 12.5. The largest absolute Gasteiger partial charge is 0.480 e. The van der Waals surface area contributed by atoms with Crippen LogP contribution in [0.25, 0.3) is 6.08 Å². The summed E-state index contributed by atoms with van der Waals surface area (Å²) in [7, 11) is 0. The lowest BCUT2D eigenvalue weighted by molar-refractivity contribution is -0.141. The van der Waals surface area contributed by atoms with Gasteiger partial charge in [-0.15, -0.1) is 0 Å². The number of amides is 2. The topological polar surface area (TPSA) is 109 Å². The summed E-state index contributed by atoms with van der Waals surface area (Å²) in [6.45, 7) is 3.70. The Labute approximate surface area is 167 Å². The van der Waals surface area contributed by atoms with Crippen LogP contribution in [0.5, 0.6) is 0 Å². The number of carboxylic acid groups (broad SMARTS) is 1. The van der Waals surface area contributed by atoms with E-state index in [1.807, 2.05) is 13.8 Å². The summed E-state index contributed by atoms with van der Waals surface area (Å²) in [5, 5.41) is 14.8. The number of hydrogen-bond donors (Lipinski definition) is 3. The third-order valence-electron chi connectivity index (χ3n) is 3.73. The van der Waals surface area contributed by atoms with Crippen molar-refractivity contribution in [2.45, 2.75) is 26.3 Å². The van der Waals surface area contributed by atoms with Crippen molar-refractivity contribution < 1.29 is 23.9 Å². The average molecular weight is 405 g/mol. The van der Waals surface area contributed by atoms with Crippen LogP contribution in [0, 0.1) is 5.92 Å². The second kappa shape index (κ2) is 9.75. The molecule has 2 aromatic rings. The maximum atomic E-state index is 12.7. The number of halogens is 1. The molecule has 0 aliphatic carbocycles. The lowest BCUT2D eigenvalue weighted by atomic mass is 10.0. The molecule has 28 heavy (non-hydrogen) atoms. The van der Waals surface area contributed by atoms with Gasteiger partial charge in [0.25, 0.3) is 11.8 Å². The van der Waals surface area contributed by atoms with Crippen molar-refractivity contribution in [3.63, 3.8) is 0 Å². The third-order valence-corrected chi connectivity index (χ3v) is 3.98. The predicted octanol–water partition coefficient (Wildman–Crippen LogP) is 3.32. The summed E-state index contributed by atoms with van der Waals surface area (Å²) in [5.41, 5.74) is 0.490. The van der Waals surface area contributed by atoms with Gasteiger partial charge in [-0.1, -0.05) is 37.6 Å². The van der Waals surface area contributed by atoms with Crippen molar-refractivity contribution in [3.8, 4) is 0 Å². The number of carboxylic acids is 1. The van der Waals surface area contributed by atoms with Gasteiger partial charge in [0.1, 0.15) is 11.7 Å². The number of nitrogens with one attached hydrogen (secondary N) is 2. The van der Waals surface area contributed by atoms with Gasteiger partial charge in [0.2, 0.25) is 0 Å². The maximum absolute atomic E-state index is 12.7. The lowest BCUT2D eigenvalue weighted by Gasteiger charge is -2.18. The first-order chi connectivity index (χ1) is 13.3. The van der Waals surface area contributed by atoms with Gasteiger partial charge in [-0.05, 0) is 48.2 Å².